The summed E-state index contributed by atoms with van der Waals surface area (Å²) < 4.78 is 0. The molecule has 0 aromatic carbocycles. The van der Waals surface area contributed by atoms with E-state index < -0.39 is 0 Å². The highest BCUT2D eigenvalue weighted by Crippen LogP contribution is 2.42. The van der Waals surface area contributed by atoms with Crippen molar-refractivity contribution in [1.82, 2.24) is 0 Å². The van der Waals surface area contributed by atoms with Crippen molar-refractivity contribution in [2.45, 2.75) is 101 Å². The van der Waals surface area contributed by atoms with E-state index in [-0.39, 0.29) is 23.0 Å². The van der Waals surface area contributed by atoms with Gasteiger partial charge in [-0.15, -0.1) is 0 Å². The largest absolute Gasteiger partial charge is 0.393 e. The molecule has 2 aliphatic rings. The van der Waals surface area contributed by atoms with Gasteiger partial charge in [0.2, 0.25) is 0 Å². The zero-order valence-electron chi connectivity index (χ0n) is 27.9. The van der Waals surface area contributed by atoms with Crippen LogP contribution in [-0.2, 0) is 0 Å². The molecule has 0 heterocycles. The molecule has 42 heavy (non-hydrogen) atoms. The van der Waals surface area contributed by atoms with Crippen molar-refractivity contribution in [3.63, 3.8) is 0 Å². The molecule has 228 valence electrons. The van der Waals surface area contributed by atoms with Gasteiger partial charge < -0.3 is 10.2 Å². The van der Waals surface area contributed by atoms with Gasteiger partial charge >= 0.3 is 0 Å². The molecule has 0 unspecified atom stereocenters. The fraction of sp³-hybridized carbons (Fsp3) is 0.450. The van der Waals surface area contributed by atoms with Gasteiger partial charge in [0.1, 0.15) is 0 Å². The molecule has 0 saturated heterocycles. The molecule has 2 N–H and O–H groups in total. The number of rotatable bonds is 10. The summed E-state index contributed by atoms with van der Waals surface area (Å²) >= 11 is 0. The molecule has 0 aromatic rings. The molecule has 2 nitrogen and oxygen atoms in total. The zero-order chi connectivity index (χ0) is 31.5. The first-order valence-corrected chi connectivity index (χ1v) is 15.4. The summed E-state index contributed by atoms with van der Waals surface area (Å²) in [5.41, 5.74) is 8.73. The number of allylic oxidation sites excluding steroid dienone is 20. The molecule has 2 rings (SSSR count). The molecule has 0 bridgehead atoms. The molecule has 2 aliphatic carbocycles. The second-order valence-corrected chi connectivity index (χ2v) is 13.7. The van der Waals surface area contributed by atoms with Gasteiger partial charge in [0.15, 0.2) is 0 Å². The van der Waals surface area contributed by atoms with Crippen LogP contribution < -0.4 is 0 Å². The highest BCUT2D eigenvalue weighted by Gasteiger charge is 2.34. The maximum atomic E-state index is 10.1. The maximum Gasteiger partial charge on any atom is 0.0729 e. The highest BCUT2D eigenvalue weighted by molar-refractivity contribution is 5.38. The van der Waals surface area contributed by atoms with Gasteiger partial charge in [-0.05, 0) is 77.2 Å². The van der Waals surface area contributed by atoms with E-state index in [2.05, 4.69) is 154 Å². The fourth-order valence-electron chi connectivity index (χ4n) is 6.14. The summed E-state index contributed by atoms with van der Waals surface area (Å²) in [4.78, 5) is 0. The second kappa shape index (κ2) is 16.1. The molecule has 2 heteroatoms. The van der Waals surface area contributed by atoms with Crippen molar-refractivity contribution < 1.29 is 10.2 Å². The summed E-state index contributed by atoms with van der Waals surface area (Å²) in [7, 11) is 0. The molecular weight excluding hydrogens is 512 g/mol. The summed E-state index contributed by atoms with van der Waals surface area (Å²) in [6.45, 7) is 21.6. The van der Waals surface area contributed by atoms with Crippen LogP contribution in [-0.4, -0.2) is 22.4 Å². The average Bonchev–Trinajstić information content (AvgIpc) is 2.84. The van der Waals surface area contributed by atoms with Crippen LogP contribution in [0.5, 0.6) is 0 Å². The molecule has 0 spiro atoms. The van der Waals surface area contributed by atoms with Crippen LogP contribution in [0.1, 0.15) is 88.5 Å². The van der Waals surface area contributed by atoms with Crippen molar-refractivity contribution >= 4 is 0 Å². The van der Waals surface area contributed by atoms with Crippen LogP contribution in [0.2, 0.25) is 0 Å². The standard InChI is InChI=1S/C40H56O2/c1-29(17-13-19-31(3)21-23-37-33(5)25-35(41)27-39(37,7)8)15-11-12-16-30(2)18-14-20-32(4)22-24-38-34(6)26-36(42)28-40(38,9)10/h11-25,35-37,41-42H,26-28H2,1-10H3/b12-11+,17-13+,18-14+,23-21+,24-22+,29-15-,30-16-,31-19-,32-20-/t35-,36+,37+/m1/s1. The third kappa shape index (κ3) is 11.7. The van der Waals surface area contributed by atoms with E-state index in [1.807, 2.05) is 6.08 Å². The first-order chi connectivity index (χ1) is 19.6. The van der Waals surface area contributed by atoms with Crippen LogP contribution in [0.3, 0.4) is 0 Å². The van der Waals surface area contributed by atoms with Crippen LogP contribution in [0.25, 0.3) is 0 Å². The lowest BCUT2D eigenvalue weighted by Crippen LogP contribution is -2.32. The summed E-state index contributed by atoms with van der Waals surface area (Å²) in [5.74, 6) is 0.348. The van der Waals surface area contributed by atoms with E-state index in [9.17, 15) is 10.2 Å². The number of aliphatic hydroxyl groups is 2. The van der Waals surface area contributed by atoms with Gasteiger partial charge in [0.05, 0.1) is 12.2 Å². The van der Waals surface area contributed by atoms with Gasteiger partial charge in [-0.25, -0.2) is 0 Å². The van der Waals surface area contributed by atoms with E-state index in [0.717, 1.165) is 19.3 Å². The predicted molar refractivity (Wildman–Crippen MR) is 184 cm³/mol. The Morgan fingerprint density at radius 1 is 0.714 bits per heavy atom. The van der Waals surface area contributed by atoms with Crippen LogP contribution in [0.4, 0.5) is 0 Å². The maximum absolute atomic E-state index is 10.1. The fourth-order valence-corrected chi connectivity index (χ4v) is 6.14. The molecular formula is C40H56O2. The highest BCUT2D eigenvalue weighted by atomic mass is 16.3. The minimum Gasteiger partial charge on any atom is -0.393 e. The Labute approximate surface area is 257 Å². The van der Waals surface area contributed by atoms with Crippen molar-refractivity contribution in [2.75, 3.05) is 0 Å². The van der Waals surface area contributed by atoms with E-state index in [1.165, 1.54) is 39.0 Å². The minimum absolute atomic E-state index is 0.00528. The molecule has 0 radical (unpaired) electrons. The second-order valence-electron chi connectivity index (χ2n) is 13.7. The summed E-state index contributed by atoms with van der Waals surface area (Å²) in [6, 6.07) is 0. The van der Waals surface area contributed by atoms with Crippen LogP contribution >= 0.6 is 0 Å². The third-order valence-corrected chi connectivity index (χ3v) is 8.33. The first kappa shape index (κ1) is 35.3. The number of hydrogen-bond donors (Lipinski definition) is 2. The average molecular weight is 569 g/mol. The molecule has 0 saturated carbocycles. The van der Waals surface area contributed by atoms with Crippen molar-refractivity contribution in [1.29, 1.82) is 0 Å². The Balaban J connectivity index is 1.90. The quantitative estimate of drug-likeness (QED) is 0.203. The molecule has 0 amide bonds. The lowest BCUT2D eigenvalue weighted by Gasteiger charge is -2.38. The van der Waals surface area contributed by atoms with Crippen LogP contribution in [0.15, 0.2) is 130 Å². The Morgan fingerprint density at radius 2 is 1.21 bits per heavy atom. The van der Waals surface area contributed by atoms with Crippen LogP contribution in [0, 0.1) is 16.7 Å². The molecule has 0 aromatic heterocycles. The molecule has 0 aliphatic heterocycles. The third-order valence-electron chi connectivity index (χ3n) is 8.33. The summed E-state index contributed by atoms with van der Waals surface area (Å²) in [6.07, 6.45) is 33.8. The smallest absolute Gasteiger partial charge is 0.0729 e. The minimum atomic E-state index is -0.331. The number of aliphatic hydroxyl groups excluding tert-OH is 2. The van der Waals surface area contributed by atoms with E-state index in [4.69, 9.17) is 0 Å². The first-order valence-electron chi connectivity index (χ1n) is 15.4. The topological polar surface area (TPSA) is 40.5 Å². The normalized spacial score (nSPS) is 26.6. The van der Waals surface area contributed by atoms with E-state index >= 15 is 0 Å². The molecule has 3 atom stereocenters. The zero-order valence-corrected chi connectivity index (χ0v) is 27.9. The Kier molecular flexibility index (Phi) is 13.5. The van der Waals surface area contributed by atoms with Gasteiger partial charge in [-0.2, -0.15) is 0 Å². The Morgan fingerprint density at radius 3 is 1.74 bits per heavy atom. The van der Waals surface area contributed by atoms with E-state index in [1.54, 1.807) is 0 Å². The lowest BCUT2D eigenvalue weighted by molar-refractivity contribution is 0.116. The number of hydrogen-bond acceptors (Lipinski definition) is 2. The Hall–Kier alpha value is -2.94. The monoisotopic (exact) mass is 568 g/mol. The predicted octanol–water partition coefficient (Wildman–Crippen LogP) is 10.4. The van der Waals surface area contributed by atoms with Gasteiger partial charge in [0.25, 0.3) is 0 Å². The lowest BCUT2D eigenvalue weighted by atomic mass is 9.67. The van der Waals surface area contributed by atoms with Crippen molar-refractivity contribution in [3.05, 3.63) is 130 Å². The summed E-state index contributed by atoms with van der Waals surface area (Å²) in [5, 5.41) is 20.2. The van der Waals surface area contributed by atoms with Gasteiger partial charge in [0, 0.05) is 5.92 Å². The molecule has 0 fully saturated rings. The van der Waals surface area contributed by atoms with Crippen molar-refractivity contribution in [3.8, 4) is 0 Å². The van der Waals surface area contributed by atoms with E-state index in [0.29, 0.717) is 5.92 Å². The van der Waals surface area contributed by atoms with Gasteiger partial charge in [-0.3, -0.25) is 0 Å². The van der Waals surface area contributed by atoms with Crippen molar-refractivity contribution in [2.24, 2.45) is 16.7 Å². The Bertz CT molecular complexity index is 1270. The van der Waals surface area contributed by atoms with Gasteiger partial charge in [-0.1, -0.05) is 152 Å². The SMILES string of the molecule is CC1=C[C@@H](O)CC(C)(C)[C@H]1/C=C/C(C)=C\C=C\C(C)=C/C=C/C=C(C)\C=C\C=C(C)/C=C/C1=C(C)C[C@H](O)CC1(C)C.